The third-order valence-corrected chi connectivity index (χ3v) is 1.56. The van der Waals surface area contributed by atoms with E-state index in [-0.39, 0.29) is 0 Å². The summed E-state index contributed by atoms with van der Waals surface area (Å²) in [5.74, 6) is 1.40. The highest BCUT2D eigenvalue weighted by Crippen LogP contribution is 2.15. The molecule has 0 spiro atoms. The third kappa shape index (κ3) is 1.67. The molecule has 0 bridgehead atoms. The molecule has 0 radical (unpaired) electrons. The van der Waals surface area contributed by atoms with E-state index in [0.29, 0.717) is 5.92 Å². The van der Waals surface area contributed by atoms with E-state index < -0.39 is 0 Å². The van der Waals surface area contributed by atoms with E-state index in [1.807, 2.05) is 0 Å². The van der Waals surface area contributed by atoms with E-state index in [4.69, 9.17) is 4.42 Å². The molecule has 0 fully saturated rings. The molecule has 0 aliphatic carbocycles. The lowest BCUT2D eigenvalue weighted by Gasteiger charge is -1.94. The van der Waals surface area contributed by atoms with Crippen LogP contribution in [-0.4, -0.2) is 4.98 Å². The van der Waals surface area contributed by atoms with Crippen molar-refractivity contribution in [2.75, 3.05) is 0 Å². The van der Waals surface area contributed by atoms with E-state index in [1.165, 1.54) is 0 Å². The van der Waals surface area contributed by atoms with Gasteiger partial charge in [-0.25, -0.2) is 4.98 Å². The lowest BCUT2D eigenvalue weighted by atomic mass is 10.2. The summed E-state index contributed by atoms with van der Waals surface area (Å²) in [5, 5.41) is 0. The van der Waals surface area contributed by atoms with Gasteiger partial charge in [-0.2, -0.15) is 0 Å². The minimum atomic E-state index is 0.445. The highest BCUT2D eigenvalue weighted by atomic mass is 127. The van der Waals surface area contributed by atoms with Crippen LogP contribution in [0.25, 0.3) is 0 Å². The molecule has 50 valence electrons. The van der Waals surface area contributed by atoms with Gasteiger partial charge in [0.15, 0.2) is 0 Å². The quantitative estimate of drug-likeness (QED) is 0.701. The second kappa shape index (κ2) is 2.68. The molecule has 0 unspecified atom stereocenters. The fourth-order valence-corrected chi connectivity index (χ4v) is 0.925. The first-order chi connectivity index (χ1) is 4.20. The van der Waals surface area contributed by atoms with Crippen molar-refractivity contribution in [1.82, 2.24) is 4.98 Å². The van der Waals surface area contributed by atoms with Crippen LogP contribution >= 0.6 is 22.6 Å². The summed E-state index contributed by atoms with van der Waals surface area (Å²) < 4.78 is 5.94. The van der Waals surface area contributed by atoms with Crippen LogP contribution in [0.4, 0.5) is 0 Å². The predicted octanol–water partition coefficient (Wildman–Crippen LogP) is 2.40. The number of hydrogen-bond acceptors (Lipinski definition) is 2. The molecule has 0 saturated carbocycles. The molecule has 0 saturated heterocycles. The van der Waals surface area contributed by atoms with E-state index in [9.17, 15) is 0 Å². The SMILES string of the molecule is CC(C)c1cnc(I)o1. The van der Waals surface area contributed by atoms with Crippen molar-refractivity contribution in [2.45, 2.75) is 19.8 Å². The van der Waals surface area contributed by atoms with E-state index >= 15 is 0 Å². The van der Waals surface area contributed by atoms with Crippen LogP contribution in [0.3, 0.4) is 0 Å². The average molecular weight is 237 g/mol. The summed E-state index contributed by atoms with van der Waals surface area (Å²) in [7, 11) is 0. The van der Waals surface area contributed by atoms with Crippen LogP contribution in [0.15, 0.2) is 10.6 Å². The van der Waals surface area contributed by atoms with Crippen LogP contribution < -0.4 is 0 Å². The van der Waals surface area contributed by atoms with Crippen molar-refractivity contribution in [2.24, 2.45) is 0 Å². The number of halogens is 1. The van der Waals surface area contributed by atoms with Crippen LogP contribution in [-0.2, 0) is 0 Å². The molecule has 0 N–H and O–H groups in total. The van der Waals surface area contributed by atoms with Crippen molar-refractivity contribution in [3.05, 3.63) is 15.9 Å². The number of hydrogen-bond donors (Lipinski definition) is 0. The minimum absolute atomic E-state index is 0.445. The molecule has 0 amide bonds. The molecule has 9 heavy (non-hydrogen) atoms. The third-order valence-electron chi connectivity index (χ3n) is 1.06. The Kier molecular flexibility index (Phi) is 2.10. The van der Waals surface area contributed by atoms with Crippen molar-refractivity contribution in [1.29, 1.82) is 0 Å². The molecule has 1 heterocycles. The first-order valence-electron chi connectivity index (χ1n) is 2.81. The number of oxazole rings is 1. The van der Waals surface area contributed by atoms with Crippen LogP contribution in [0.5, 0.6) is 0 Å². The molecule has 1 aromatic heterocycles. The lowest BCUT2D eigenvalue weighted by Crippen LogP contribution is -1.80. The number of nitrogens with zero attached hydrogens (tertiary/aromatic N) is 1. The van der Waals surface area contributed by atoms with Gasteiger partial charge in [-0.3, -0.25) is 0 Å². The standard InChI is InChI=1S/C6H8INO/c1-4(2)5-3-8-6(7)9-5/h3-4H,1-2H3. The van der Waals surface area contributed by atoms with Gasteiger partial charge in [0.05, 0.1) is 6.20 Å². The van der Waals surface area contributed by atoms with Gasteiger partial charge in [0.1, 0.15) is 5.76 Å². The fourth-order valence-electron chi connectivity index (χ4n) is 0.531. The summed E-state index contributed by atoms with van der Waals surface area (Å²) in [6.45, 7) is 4.16. The Labute approximate surface area is 67.8 Å². The molecule has 1 aromatic rings. The smallest absolute Gasteiger partial charge is 0.257 e. The molecular weight excluding hydrogens is 229 g/mol. The zero-order valence-electron chi connectivity index (χ0n) is 5.39. The summed E-state index contributed by atoms with van der Waals surface area (Å²) >= 11 is 2.06. The second-order valence-electron chi connectivity index (χ2n) is 2.17. The van der Waals surface area contributed by atoms with Crippen molar-refractivity contribution < 1.29 is 4.42 Å². The highest BCUT2D eigenvalue weighted by Gasteiger charge is 2.03. The Bertz CT molecular complexity index is 195. The molecule has 0 aliphatic rings. The van der Waals surface area contributed by atoms with Gasteiger partial charge < -0.3 is 4.42 Å². The number of aromatic nitrogens is 1. The highest BCUT2D eigenvalue weighted by molar-refractivity contribution is 14.1. The van der Waals surface area contributed by atoms with Crippen molar-refractivity contribution in [3.8, 4) is 0 Å². The number of rotatable bonds is 1. The Balaban J connectivity index is 2.85. The zero-order valence-corrected chi connectivity index (χ0v) is 7.55. The van der Waals surface area contributed by atoms with Gasteiger partial charge in [-0.05, 0) is 0 Å². The van der Waals surface area contributed by atoms with Crippen molar-refractivity contribution in [3.63, 3.8) is 0 Å². The topological polar surface area (TPSA) is 26.0 Å². The van der Waals surface area contributed by atoms with Crippen LogP contribution in [0.1, 0.15) is 25.5 Å². The minimum Gasteiger partial charge on any atom is -0.437 e. The summed E-state index contributed by atoms with van der Waals surface area (Å²) in [5.41, 5.74) is 0. The van der Waals surface area contributed by atoms with Gasteiger partial charge in [0.2, 0.25) is 0 Å². The van der Waals surface area contributed by atoms with Gasteiger partial charge >= 0.3 is 0 Å². The second-order valence-corrected chi connectivity index (χ2v) is 3.09. The maximum atomic E-state index is 5.22. The van der Waals surface area contributed by atoms with Gasteiger partial charge in [-0.15, -0.1) is 0 Å². The lowest BCUT2D eigenvalue weighted by molar-refractivity contribution is 0.458. The van der Waals surface area contributed by atoms with Gasteiger partial charge in [-0.1, -0.05) is 13.8 Å². The molecule has 2 nitrogen and oxygen atoms in total. The monoisotopic (exact) mass is 237 g/mol. The molecule has 0 aliphatic heterocycles. The summed E-state index contributed by atoms with van der Waals surface area (Å²) in [6, 6.07) is 0. The Hall–Kier alpha value is -0.0600. The van der Waals surface area contributed by atoms with E-state index in [2.05, 4.69) is 41.4 Å². The summed E-state index contributed by atoms with van der Waals surface area (Å²) in [6.07, 6.45) is 1.77. The first kappa shape index (κ1) is 7.05. The molecule has 0 aromatic carbocycles. The Morgan fingerprint density at radius 3 is 2.56 bits per heavy atom. The molecule has 3 heteroatoms. The van der Waals surface area contributed by atoms with Crippen LogP contribution in [0, 0.1) is 3.90 Å². The van der Waals surface area contributed by atoms with Crippen molar-refractivity contribution >= 4 is 22.6 Å². The van der Waals surface area contributed by atoms with Gasteiger partial charge in [0, 0.05) is 28.5 Å². The largest absolute Gasteiger partial charge is 0.437 e. The fraction of sp³-hybridized carbons (Fsp3) is 0.500. The predicted molar refractivity (Wildman–Crippen MR) is 43.3 cm³/mol. The molecule has 0 atom stereocenters. The van der Waals surface area contributed by atoms with Gasteiger partial charge in [0.25, 0.3) is 3.90 Å². The maximum absolute atomic E-state index is 5.22. The zero-order chi connectivity index (χ0) is 6.85. The van der Waals surface area contributed by atoms with E-state index in [0.717, 1.165) is 9.66 Å². The Morgan fingerprint density at radius 2 is 2.33 bits per heavy atom. The molecule has 1 rings (SSSR count). The first-order valence-corrected chi connectivity index (χ1v) is 3.89. The summed E-state index contributed by atoms with van der Waals surface area (Å²) in [4.78, 5) is 3.96. The average Bonchev–Trinajstić information content (AvgIpc) is 2.14. The Morgan fingerprint density at radius 1 is 1.67 bits per heavy atom. The normalized spacial score (nSPS) is 10.7. The maximum Gasteiger partial charge on any atom is 0.257 e. The molecular formula is C6H8INO. The van der Waals surface area contributed by atoms with Crippen LogP contribution in [0.2, 0.25) is 0 Å². The van der Waals surface area contributed by atoms with E-state index in [1.54, 1.807) is 6.20 Å².